The van der Waals surface area contributed by atoms with Crippen LogP contribution >= 0.6 is 15.9 Å². The third-order valence-electron chi connectivity index (χ3n) is 1.76. The molecule has 1 aromatic rings. The molecule has 1 aromatic heterocycles. The van der Waals surface area contributed by atoms with Crippen molar-refractivity contribution < 1.29 is 13.9 Å². The van der Waals surface area contributed by atoms with Gasteiger partial charge in [0.05, 0.1) is 6.61 Å². The Morgan fingerprint density at radius 2 is 2.14 bits per heavy atom. The van der Waals surface area contributed by atoms with E-state index >= 15 is 0 Å². The summed E-state index contributed by atoms with van der Waals surface area (Å²) in [6.45, 7) is -0.281. The first-order chi connectivity index (χ1) is 6.60. The predicted molar refractivity (Wildman–Crippen MR) is 50.7 cm³/mol. The Bertz CT molecular complexity index is 333. The Morgan fingerprint density at radius 1 is 1.50 bits per heavy atom. The molecule has 0 fully saturated rings. The first-order valence-electron chi connectivity index (χ1n) is 3.87. The van der Waals surface area contributed by atoms with Gasteiger partial charge in [-0.3, -0.25) is 0 Å². The molecule has 0 bridgehead atoms. The van der Waals surface area contributed by atoms with Gasteiger partial charge in [0.15, 0.2) is 0 Å². The molecule has 0 aromatic carbocycles. The lowest BCUT2D eigenvalue weighted by Crippen LogP contribution is -2.05. The SMILES string of the molecule is NCc1cc(CO)c(C(F)F)nc1Br. The van der Waals surface area contributed by atoms with Gasteiger partial charge in [0.1, 0.15) is 10.3 Å². The molecule has 0 unspecified atom stereocenters. The Balaban J connectivity index is 3.24. The smallest absolute Gasteiger partial charge is 0.280 e. The zero-order valence-corrected chi connectivity index (χ0v) is 8.76. The minimum absolute atomic E-state index is 0.114. The van der Waals surface area contributed by atoms with E-state index in [1.807, 2.05) is 0 Å². The lowest BCUT2D eigenvalue weighted by Gasteiger charge is -2.09. The first-order valence-corrected chi connectivity index (χ1v) is 4.66. The van der Waals surface area contributed by atoms with Crippen LogP contribution in [0.1, 0.15) is 23.2 Å². The van der Waals surface area contributed by atoms with Crippen molar-refractivity contribution >= 4 is 15.9 Å². The van der Waals surface area contributed by atoms with Gasteiger partial charge < -0.3 is 10.8 Å². The predicted octanol–water partition coefficient (Wildman–Crippen LogP) is 1.73. The van der Waals surface area contributed by atoms with E-state index in [-0.39, 0.29) is 12.1 Å². The van der Waals surface area contributed by atoms with E-state index in [1.54, 1.807) is 0 Å². The molecule has 0 amide bonds. The lowest BCUT2D eigenvalue weighted by atomic mass is 10.1. The van der Waals surface area contributed by atoms with E-state index in [0.29, 0.717) is 10.2 Å². The van der Waals surface area contributed by atoms with Gasteiger partial charge in [-0.2, -0.15) is 0 Å². The molecule has 0 spiro atoms. The van der Waals surface area contributed by atoms with E-state index in [9.17, 15) is 8.78 Å². The van der Waals surface area contributed by atoms with Crippen molar-refractivity contribution in [3.8, 4) is 0 Å². The van der Waals surface area contributed by atoms with Gasteiger partial charge in [0.25, 0.3) is 6.43 Å². The number of aromatic nitrogens is 1. The number of alkyl halides is 2. The second-order valence-electron chi connectivity index (χ2n) is 2.65. The molecule has 0 saturated carbocycles. The highest BCUT2D eigenvalue weighted by atomic mass is 79.9. The fourth-order valence-corrected chi connectivity index (χ4v) is 1.52. The average Bonchev–Trinajstić information content (AvgIpc) is 2.17. The van der Waals surface area contributed by atoms with Crippen molar-refractivity contribution in [1.29, 1.82) is 0 Å². The monoisotopic (exact) mass is 266 g/mol. The number of hydrogen-bond donors (Lipinski definition) is 2. The number of pyridine rings is 1. The Kier molecular flexibility index (Phi) is 3.91. The van der Waals surface area contributed by atoms with Crippen LogP contribution < -0.4 is 5.73 Å². The third kappa shape index (κ3) is 2.26. The van der Waals surface area contributed by atoms with Crippen molar-refractivity contribution in [2.45, 2.75) is 19.6 Å². The molecule has 1 rings (SSSR count). The van der Waals surface area contributed by atoms with Crippen molar-refractivity contribution in [3.05, 3.63) is 27.5 Å². The van der Waals surface area contributed by atoms with Gasteiger partial charge in [-0.25, -0.2) is 13.8 Å². The van der Waals surface area contributed by atoms with Crippen LogP contribution in [0.15, 0.2) is 10.7 Å². The molecule has 14 heavy (non-hydrogen) atoms. The van der Waals surface area contributed by atoms with Gasteiger partial charge in [0.2, 0.25) is 0 Å². The van der Waals surface area contributed by atoms with Gasteiger partial charge in [-0.1, -0.05) is 0 Å². The molecule has 3 N–H and O–H groups in total. The maximum absolute atomic E-state index is 12.4. The molecule has 0 atom stereocenters. The van der Waals surface area contributed by atoms with Crippen LogP contribution in [0.3, 0.4) is 0 Å². The molecule has 1 heterocycles. The summed E-state index contributed by atoms with van der Waals surface area (Å²) in [5, 5.41) is 8.85. The number of rotatable bonds is 3. The summed E-state index contributed by atoms with van der Waals surface area (Å²) < 4.78 is 25.1. The summed E-state index contributed by atoms with van der Waals surface area (Å²) in [5.74, 6) is 0. The second-order valence-corrected chi connectivity index (χ2v) is 3.40. The molecule has 0 radical (unpaired) electrons. The molecular weight excluding hydrogens is 258 g/mol. The third-order valence-corrected chi connectivity index (χ3v) is 2.44. The fourth-order valence-electron chi connectivity index (χ4n) is 1.05. The maximum Gasteiger partial charge on any atom is 0.280 e. The summed E-state index contributed by atoms with van der Waals surface area (Å²) in [6.07, 6.45) is -2.69. The van der Waals surface area contributed by atoms with E-state index in [4.69, 9.17) is 10.8 Å². The molecule has 3 nitrogen and oxygen atoms in total. The van der Waals surface area contributed by atoms with Crippen LogP contribution in [0.5, 0.6) is 0 Å². The van der Waals surface area contributed by atoms with Crippen molar-refractivity contribution in [2.24, 2.45) is 5.73 Å². The molecule has 78 valence electrons. The van der Waals surface area contributed by atoms with Crippen LogP contribution in [0.4, 0.5) is 8.78 Å². The van der Waals surface area contributed by atoms with Crippen molar-refractivity contribution in [1.82, 2.24) is 4.98 Å². The summed E-state index contributed by atoms with van der Waals surface area (Å²) in [4.78, 5) is 3.64. The van der Waals surface area contributed by atoms with Crippen LogP contribution in [0, 0.1) is 0 Å². The van der Waals surface area contributed by atoms with E-state index in [0.717, 1.165) is 0 Å². The fraction of sp³-hybridized carbons (Fsp3) is 0.375. The summed E-state index contributed by atoms with van der Waals surface area (Å²) in [7, 11) is 0. The molecule has 0 aliphatic carbocycles. The largest absolute Gasteiger partial charge is 0.392 e. The zero-order chi connectivity index (χ0) is 10.7. The minimum Gasteiger partial charge on any atom is -0.392 e. The molecule has 0 saturated heterocycles. The van der Waals surface area contributed by atoms with Crippen LogP contribution in [0.2, 0.25) is 0 Å². The quantitative estimate of drug-likeness (QED) is 0.820. The molecule has 0 aliphatic heterocycles. The molecular formula is C8H9BrF2N2O. The number of aliphatic hydroxyl groups is 1. The van der Waals surface area contributed by atoms with Crippen molar-refractivity contribution in [2.75, 3.05) is 0 Å². The average molecular weight is 267 g/mol. The topological polar surface area (TPSA) is 59.1 Å². The van der Waals surface area contributed by atoms with E-state index in [2.05, 4.69) is 20.9 Å². The highest BCUT2D eigenvalue weighted by molar-refractivity contribution is 9.10. The van der Waals surface area contributed by atoms with Gasteiger partial charge >= 0.3 is 0 Å². The number of halogens is 3. The number of aliphatic hydroxyl groups excluding tert-OH is 1. The second kappa shape index (κ2) is 4.77. The first kappa shape index (κ1) is 11.5. The standard InChI is InChI=1S/C8H9BrF2N2O/c9-7-4(2-12)1-5(3-14)6(13-7)8(10)11/h1,8,14H,2-3,12H2. The van der Waals surface area contributed by atoms with Crippen LogP contribution in [0.25, 0.3) is 0 Å². The van der Waals surface area contributed by atoms with Gasteiger partial charge in [-0.05, 0) is 27.6 Å². The Labute approximate surface area is 88.1 Å². The summed E-state index contributed by atoms with van der Waals surface area (Å²) in [6, 6.07) is 1.43. The maximum atomic E-state index is 12.4. The zero-order valence-electron chi connectivity index (χ0n) is 7.17. The van der Waals surface area contributed by atoms with Crippen LogP contribution in [-0.2, 0) is 13.2 Å². The number of hydrogen-bond acceptors (Lipinski definition) is 3. The van der Waals surface area contributed by atoms with E-state index < -0.39 is 18.7 Å². The Hall–Kier alpha value is -0.590. The normalized spacial score (nSPS) is 11.0. The Morgan fingerprint density at radius 3 is 2.57 bits per heavy atom. The summed E-state index contributed by atoms with van der Waals surface area (Å²) in [5.41, 5.74) is 5.67. The summed E-state index contributed by atoms with van der Waals surface area (Å²) >= 11 is 3.03. The lowest BCUT2D eigenvalue weighted by molar-refractivity contribution is 0.141. The molecule has 0 aliphatic rings. The molecule has 6 heteroatoms. The van der Waals surface area contributed by atoms with Crippen molar-refractivity contribution in [3.63, 3.8) is 0 Å². The van der Waals surface area contributed by atoms with E-state index in [1.165, 1.54) is 6.07 Å². The number of nitrogens with zero attached hydrogens (tertiary/aromatic N) is 1. The van der Waals surface area contributed by atoms with Crippen LogP contribution in [-0.4, -0.2) is 10.1 Å². The highest BCUT2D eigenvalue weighted by Gasteiger charge is 2.16. The highest BCUT2D eigenvalue weighted by Crippen LogP contribution is 2.25. The number of nitrogens with two attached hydrogens (primary N) is 1. The van der Waals surface area contributed by atoms with Gasteiger partial charge in [-0.15, -0.1) is 0 Å². The van der Waals surface area contributed by atoms with Gasteiger partial charge in [0, 0.05) is 12.1 Å². The minimum atomic E-state index is -2.69.